The van der Waals surface area contributed by atoms with Crippen LogP contribution in [0.25, 0.3) is 22.3 Å². The third-order valence-electron chi connectivity index (χ3n) is 13.3. The zero-order valence-corrected chi connectivity index (χ0v) is 51.0. The highest BCUT2D eigenvalue weighted by atomic mass is 16.5. The molecule has 0 bridgehead atoms. The molecule has 4 rings (SSSR count). The van der Waals surface area contributed by atoms with Gasteiger partial charge in [-0.3, -0.25) is 46.6 Å². The molecule has 1 unspecified atom stereocenters. The Balaban J connectivity index is 0.000000573. The van der Waals surface area contributed by atoms with Crippen LogP contribution in [0.2, 0.25) is 0 Å². The number of hydrogen-bond acceptors (Lipinski definition) is 12. The molecule has 0 amide bonds. The van der Waals surface area contributed by atoms with E-state index in [9.17, 15) is 39.0 Å². The lowest BCUT2D eigenvalue weighted by atomic mass is 10.2. The van der Waals surface area contributed by atoms with Crippen molar-refractivity contribution in [3.05, 3.63) is 176 Å². The van der Waals surface area contributed by atoms with Crippen molar-refractivity contribution in [2.75, 3.05) is 0 Å². The average molecular weight is 1180 g/mol. The van der Waals surface area contributed by atoms with Gasteiger partial charge in [-0.2, -0.15) is 0 Å². The summed E-state index contributed by atoms with van der Waals surface area (Å²) in [6.45, 7) is 7.89. The summed E-state index contributed by atoms with van der Waals surface area (Å²) in [5.41, 5.74) is -0.865. The highest BCUT2D eigenvalue weighted by molar-refractivity contribution is 5.72. The fraction of sp³-hybridized carbons (Fsp3) is 0.522. The van der Waals surface area contributed by atoms with Gasteiger partial charge in [0.15, 0.2) is 35.8 Å². The Hall–Kier alpha value is -7.44. The molecule has 18 heteroatoms. The number of rotatable bonds is 40. The SMILES string of the molecule is C.CC/C=C\C/C=C\C/C=C\C/C=C\C/C=C\CCCC(=O)OCn1cnc2c1c(=O)n(CCCCC(C)O)c(=O)n2C.CC/C=C\C/C=C\C/C=C\C/C=C\C/C=C\CCCC(=O)OCn1cnc2c1c(=O)n(CCCC[C@H](C)O)c(=O)n2C. The normalized spacial score (nSPS) is 13.1. The minimum absolute atomic E-state index is 0. The summed E-state index contributed by atoms with van der Waals surface area (Å²) in [6, 6.07) is 0. The largest absolute Gasteiger partial charge is 0.444 e. The number of ether oxygens (including phenoxy) is 2. The number of imidazole rings is 2. The summed E-state index contributed by atoms with van der Waals surface area (Å²) in [5, 5.41) is 18.9. The third kappa shape index (κ3) is 29.3. The van der Waals surface area contributed by atoms with Crippen LogP contribution in [-0.4, -0.2) is 71.7 Å². The number of carbonyl (C=O) groups is 2. The van der Waals surface area contributed by atoms with Crippen molar-refractivity contribution < 1.29 is 29.3 Å². The number of nitrogens with zero attached hydrogens (tertiary/aromatic N) is 8. The molecule has 18 nitrogen and oxygen atoms in total. The van der Waals surface area contributed by atoms with Crippen LogP contribution in [0, 0.1) is 0 Å². The Morgan fingerprint density at radius 3 is 1.06 bits per heavy atom. The monoisotopic (exact) mass is 1180 g/mol. The molecule has 0 radical (unpaired) electrons. The van der Waals surface area contributed by atoms with E-state index >= 15 is 0 Å². The number of allylic oxidation sites excluding steroid dienone is 20. The van der Waals surface area contributed by atoms with Gasteiger partial charge in [0.05, 0.1) is 12.2 Å². The summed E-state index contributed by atoms with van der Waals surface area (Å²) in [7, 11) is 3.13. The topological polar surface area (TPSA) is 217 Å². The molecule has 2 N–H and O–H groups in total. The van der Waals surface area contributed by atoms with Crippen molar-refractivity contribution in [3.8, 4) is 0 Å². The van der Waals surface area contributed by atoms with Crippen LogP contribution in [0.15, 0.2) is 153 Å². The van der Waals surface area contributed by atoms with Crippen LogP contribution in [0.5, 0.6) is 0 Å². The first-order valence-electron chi connectivity index (χ1n) is 30.2. The molecule has 0 fully saturated rings. The second-order valence-corrected chi connectivity index (χ2v) is 20.6. The van der Waals surface area contributed by atoms with Gasteiger partial charge in [-0.1, -0.05) is 143 Å². The van der Waals surface area contributed by atoms with E-state index in [1.54, 1.807) is 27.9 Å². The van der Waals surface area contributed by atoms with E-state index in [0.717, 1.165) is 77.0 Å². The molecular weight excluding hydrogens is 1080 g/mol. The fourth-order valence-electron chi connectivity index (χ4n) is 8.55. The Bertz CT molecular complexity index is 2920. The zero-order chi connectivity index (χ0) is 61.2. The first-order chi connectivity index (χ1) is 40.7. The molecule has 4 heterocycles. The van der Waals surface area contributed by atoms with Gasteiger partial charge in [0.1, 0.15) is 12.7 Å². The number of aryl methyl sites for hydroxylation is 2. The quantitative estimate of drug-likeness (QED) is 0.0242. The first kappa shape index (κ1) is 73.7. The number of aliphatic hydroxyl groups is 2. The smallest absolute Gasteiger partial charge is 0.332 e. The van der Waals surface area contributed by atoms with Gasteiger partial charge in [-0.05, 0) is 142 Å². The Morgan fingerprint density at radius 2 is 0.765 bits per heavy atom. The standard InChI is InChI=1S/2C33H48N4O5.CH4/c2*1-4-5-6-7-8-9-10-11-12-13-14-15-16-17-18-19-20-24-29(39)42-27-36-26-34-31-30(36)32(40)37(33(41)35(31)3)25-22-21-23-28(2)38;/h2*5-6,8-9,11-12,14-15,17-18,26,28,38H,4,7,10,13,16,19-25,27H2,1-3H3;1H4/b2*6-5-,9-8-,12-11-,15-14-,18-17-;/t28-;;/m0../s1. The van der Waals surface area contributed by atoms with E-state index in [4.69, 9.17) is 9.47 Å². The first-order valence-corrected chi connectivity index (χ1v) is 30.2. The van der Waals surface area contributed by atoms with Gasteiger partial charge in [0.25, 0.3) is 11.1 Å². The van der Waals surface area contributed by atoms with E-state index in [2.05, 4.69) is 145 Å². The molecule has 0 aliphatic rings. The Kier molecular flexibility index (Phi) is 39.0. The highest BCUT2D eigenvalue weighted by Gasteiger charge is 2.19. The number of fused-ring (bicyclic) bond motifs is 2. The minimum atomic E-state index is -0.461. The maximum Gasteiger partial charge on any atom is 0.332 e. The van der Waals surface area contributed by atoms with Crippen molar-refractivity contribution in [1.82, 2.24) is 37.4 Å². The minimum Gasteiger partial charge on any atom is -0.444 e. The number of hydrogen-bond donors (Lipinski definition) is 2. The molecule has 0 spiro atoms. The van der Waals surface area contributed by atoms with E-state index in [1.807, 2.05) is 0 Å². The van der Waals surface area contributed by atoms with E-state index in [1.165, 1.54) is 40.1 Å². The van der Waals surface area contributed by atoms with Gasteiger partial charge < -0.3 is 19.7 Å². The van der Waals surface area contributed by atoms with Crippen LogP contribution >= 0.6 is 0 Å². The zero-order valence-electron chi connectivity index (χ0n) is 51.0. The van der Waals surface area contributed by atoms with Crippen molar-refractivity contribution in [1.29, 1.82) is 0 Å². The Labute approximate surface area is 504 Å². The van der Waals surface area contributed by atoms with Crippen molar-refractivity contribution in [2.24, 2.45) is 14.1 Å². The number of esters is 2. The maximum atomic E-state index is 13.1. The van der Waals surface area contributed by atoms with E-state index < -0.39 is 34.7 Å². The van der Waals surface area contributed by atoms with Gasteiger partial charge in [-0.25, -0.2) is 19.6 Å². The molecule has 0 saturated carbocycles. The molecule has 4 aromatic heterocycles. The predicted molar refractivity (Wildman–Crippen MR) is 345 cm³/mol. The van der Waals surface area contributed by atoms with Gasteiger partial charge in [0, 0.05) is 40.0 Å². The summed E-state index contributed by atoms with van der Waals surface area (Å²) in [6.07, 6.45) is 61.9. The lowest BCUT2D eigenvalue weighted by Gasteiger charge is -2.10. The van der Waals surface area contributed by atoms with Crippen LogP contribution in [0.3, 0.4) is 0 Å². The lowest BCUT2D eigenvalue weighted by Crippen LogP contribution is -2.39. The second-order valence-electron chi connectivity index (χ2n) is 20.6. The van der Waals surface area contributed by atoms with E-state index in [-0.39, 0.29) is 81.1 Å². The Morgan fingerprint density at radius 1 is 0.471 bits per heavy atom. The van der Waals surface area contributed by atoms with Crippen LogP contribution in [0.4, 0.5) is 0 Å². The molecule has 85 heavy (non-hydrogen) atoms. The number of aromatic nitrogens is 8. The number of aliphatic hydroxyl groups excluding tert-OH is 2. The lowest BCUT2D eigenvalue weighted by molar-refractivity contribution is -0.148. The van der Waals surface area contributed by atoms with Crippen LogP contribution in [-0.2, 0) is 59.7 Å². The fourth-order valence-corrected chi connectivity index (χ4v) is 8.55. The average Bonchev–Trinajstić information content (AvgIpc) is 3.78. The second kappa shape index (κ2) is 45.0. The molecule has 0 aliphatic heterocycles. The predicted octanol–water partition coefficient (Wildman–Crippen LogP) is 12.4. The highest BCUT2D eigenvalue weighted by Crippen LogP contribution is 2.11. The van der Waals surface area contributed by atoms with Crippen molar-refractivity contribution in [3.63, 3.8) is 0 Å². The molecule has 4 aromatic rings. The number of carbonyl (C=O) groups excluding carboxylic acids is 2. The summed E-state index contributed by atoms with van der Waals surface area (Å²) in [4.78, 5) is 84.4. The van der Waals surface area contributed by atoms with E-state index in [0.29, 0.717) is 51.4 Å². The van der Waals surface area contributed by atoms with Crippen molar-refractivity contribution in [2.45, 2.75) is 215 Å². The van der Waals surface area contributed by atoms with Gasteiger partial charge in [-0.15, -0.1) is 0 Å². The molecule has 0 aromatic carbocycles. The summed E-state index contributed by atoms with van der Waals surface area (Å²) in [5.74, 6) is -0.708. The summed E-state index contributed by atoms with van der Waals surface area (Å²) >= 11 is 0. The molecule has 0 saturated heterocycles. The molecule has 468 valence electrons. The van der Waals surface area contributed by atoms with Gasteiger partial charge >= 0.3 is 23.3 Å². The summed E-state index contributed by atoms with van der Waals surface area (Å²) < 4.78 is 18.7. The van der Waals surface area contributed by atoms with Crippen LogP contribution in [0.1, 0.15) is 176 Å². The third-order valence-corrected chi connectivity index (χ3v) is 13.3. The van der Waals surface area contributed by atoms with Crippen molar-refractivity contribution >= 4 is 34.3 Å². The van der Waals surface area contributed by atoms with Crippen LogP contribution < -0.4 is 22.5 Å². The molecular formula is C67H100N8O10. The number of unbranched alkanes of at least 4 members (excludes halogenated alkanes) is 4. The molecule has 2 atom stereocenters. The van der Waals surface area contributed by atoms with Gasteiger partial charge in [0.2, 0.25) is 0 Å². The molecule has 0 aliphatic carbocycles. The maximum absolute atomic E-state index is 13.1.